The minimum absolute atomic E-state index is 0.0822. The van der Waals surface area contributed by atoms with E-state index in [1.165, 1.54) is 32.1 Å². The highest BCUT2D eigenvalue weighted by Gasteiger charge is 2.29. The van der Waals surface area contributed by atoms with Crippen LogP contribution >= 0.6 is 0 Å². The third kappa shape index (κ3) is 3.66. The number of hydrogen-bond donors (Lipinski definition) is 1. The molecule has 0 radical (unpaired) electrons. The van der Waals surface area contributed by atoms with E-state index in [0.717, 1.165) is 22.2 Å². The van der Waals surface area contributed by atoms with Crippen molar-refractivity contribution in [1.29, 1.82) is 0 Å². The number of aryl methyl sites for hydroxylation is 1. The van der Waals surface area contributed by atoms with Gasteiger partial charge in [0.25, 0.3) is 0 Å². The molecule has 0 spiro atoms. The fourth-order valence-corrected chi connectivity index (χ4v) is 4.59. The minimum atomic E-state index is -0.125. The van der Waals surface area contributed by atoms with E-state index in [0.29, 0.717) is 24.9 Å². The number of hydrogen-bond acceptors (Lipinski definition) is 5. The van der Waals surface area contributed by atoms with Crippen LogP contribution in [0.4, 0.5) is 0 Å². The first-order chi connectivity index (χ1) is 14.6. The molecule has 0 bridgehead atoms. The van der Waals surface area contributed by atoms with Gasteiger partial charge in [-0.15, -0.1) is 0 Å². The highest BCUT2D eigenvalue weighted by molar-refractivity contribution is 5.86. The Balaban J connectivity index is 1.46. The molecule has 3 aromatic heterocycles. The molecule has 1 aliphatic carbocycles. The van der Waals surface area contributed by atoms with Crippen molar-refractivity contribution in [2.24, 2.45) is 13.0 Å². The molecular weight excluding hydrogens is 380 g/mol. The first-order valence-corrected chi connectivity index (χ1v) is 10.9. The van der Waals surface area contributed by atoms with Crippen molar-refractivity contribution < 1.29 is 9.53 Å². The van der Waals surface area contributed by atoms with Crippen molar-refractivity contribution in [2.75, 3.05) is 6.54 Å². The monoisotopic (exact) mass is 408 g/mol. The zero-order valence-electron chi connectivity index (χ0n) is 17.5. The standard InChI is InChI=1S/C22H28N6O2/c1-14(15-8-21(29)23-10-15)30-22-18-13-27(2)26-20(18)9-19(25-22)16-11-24-28(12-16)17-6-4-3-5-7-17/h9,11-15,17H,3-8,10H2,1-2H3,(H,23,29)/t14-,15?/m1/s1. The van der Waals surface area contributed by atoms with Gasteiger partial charge < -0.3 is 10.1 Å². The lowest BCUT2D eigenvalue weighted by Crippen LogP contribution is -2.26. The fraction of sp³-hybridized carbons (Fsp3) is 0.545. The molecular formula is C22H28N6O2. The molecule has 158 valence electrons. The van der Waals surface area contributed by atoms with Crippen LogP contribution in [-0.4, -0.2) is 43.1 Å². The van der Waals surface area contributed by atoms with E-state index in [2.05, 4.69) is 26.4 Å². The number of rotatable bonds is 5. The Morgan fingerprint density at radius 3 is 2.83 bits per heavy atom. The van der Waals surface area contributed by atoms with Crippen LogP contribution in [0.3, 0.4) is 0 Å². The van der Waals surface area contributed by atoms with E-state index in [9.17, 15) is 4.79 Å². The SMILES string of the molecule is C[C@@H](Oc1nc(-c2cnn(C3CCCCC3)c2)cc2nn(C)cc12)C1CNC(=O)C1. The number of pyridine rings is 1. The van der Waals surface area contributed by atoms with E-state index in [4.69, 9.17) is 9.72 Å². The fourth-order valence-electron chi connectivity index (χ4n) is 4.59. The Bertz CT molecular complexity index is 1060. The summed E-state index contributed by atoms with van der Waals surface area (Å²) in [6.07, 6.45) is 12.5. The second-order valence-electron chi connectivity index (χ2n) is 8.64. The summed E-state index contributed by atoms with van der Waals surface area (Å²) < 4.78 is 10.1. The summed E-state index contributed by atoms with van der Waals surface area (Å²) in [4.78, 5) is 16.4. The second-order valence-corrected chi connectivity index (χ2v) is 8.64. The largest absolute Gasteiger partial charge is 0.474 e. The smallest absolute Gasteiger partial charge is 0.225 e. The van der Waals surface area contributed by atoms with Gasteiger partial charge in [0.2, 0.25) is 11.8 Å². The second kappa shape index (κ2) is 7.74. The zero-order valence-corrected chi connectivity index (χ0v) is 17.5. The van der Waals surface area contributed by atoms with E-state index in [-0.39, 0.29) is 17.9 Å². The molecule has 3 aromatic rings. The number of nitrogens with one attached hydrogen (secondary N) is 1. The van der Waals surface area contributed by atoms with Crippen LogP contribution in [0.5, 0.6) is 5.88 Å². The van der Waals surface area contributed by atoms with Gasteiger partial charge in [-0.25, -0.2) is 4.98 Å². The Labute approximate surface area is 175 Å². The van der Waals surface area contributed by atoms with Gasteiger partial charge in [0.15, 0.2) is 0 Å². The molecule has 2 fully saturated rings. The van der Waals surface area contributed by atoms with Crippen LogP contribution < -0.4 is 10.1 Å². The van der Waals surface area contributed by atoms with E-state index in [1.54, 1.807) is 4.68 Å². The average molecular weight is 409 g/mol. The van der Waals surface area contributed by atoms with Crippen LogP contribution in [-0.2, 0) is 11.8 Å². The number of amides is 1. The summed E-state index contributed by atoms with van der Waals surface area (Å²) in [6.45, 7) is 2.65. The van der Waals surface area contributed by atoms with Crippen LogP contribution in [0.2, 0.25) is 0 Å². The quantitative estimate of drug-likeness (QED) is 0.700. The number of ether oxygens (including phenoxy) is 1. The number of fused-ring (bicyclic) bond motifs is 1. The van der Waals surface area contributed by atoms with Gasteiger partial charge >= 0.3 is 0 Å². The molecule has 1 saturated heterocycles. The normalized spacial score (nSPS) is 21.1. The maximum atomic E-state index is 11.6. The summed E-state index contributed by atoms with van der Waals surface area (Å²) >= 11 is 0. The average Bonchev–Trinajstić information content (AvgIpc) is 3.47. The third-order valence-corrected chi connectivity index (χ3v) is 6.40. The van der Waals surface area contributed by atoms with E-state index >= 15 is 0 Å². The number of aromatic nitrogens is 5. The number of carbonyl (C=O) groups is 1. The Morgan fingerprint density at radius 1 is 1.23 bits per heavy atom. The van der Waals surface area contributed by atoms with Gasteiger partial charge in [0.05, 0.1) is 28.8 Å². The van der Waals surface area contributed by atoms with E-state index in [1.807, 2.05) is 32.4 Å². The summed E-state index contributed by atoms with van der Waals surface area (Å²) in [5.41, 5.74) is 2.63. The summed E-state index contributed by atoms with van der Waals surface area (Å²) in [5, 5.41) is 13.0. The lowest BCUT2D eigenvalue weighted by Gasteiger charge is -2.21. The van der Waals surface area contributed by atoms with Gasteiger partial charge in [0.1, 0.15) is 6.10 Å². The van der Waals surface area contributed by atoms with Crippen molar-refractivity contribution in [3.63, 3.8) is 0 Å². The van der Waals surface area contributed by atoms with Crippen molar-refractivity contribution in [1.82, 2.24) is 29.9 Å². The molecule has 1 N–H and O–H groups in total. The van der Waals surface area contributed by atoms with Gasteiger partial charge in [-0.05, 0) is 25.8 Å². The van der Waals surface area contributed by atoms with Gasteiger partial charge in [-0.2, -0.15) is 10.2 Å². The molecule has 8 heteroatoms. The lowest BCUT2D eigenvalue weighted by atomic mass is 9.96. The van der Waals surface area contributed by atoms with Crippen LogP contribution in [0.1, 0.15) is 51.5 Å². The first-order valence-electron chi connectivity index (χ1n) is 10.9. The van der Waals surface area contributed by atoms with Crippen molar-refractivity contribution in [3.8, 4) is 17.1 Å². The van der Waals surface area contributed by atoms with Crippen molar-refractivity contribution >= 4 is 16.8 Å². The Kier molecular flexibility index (Phi) is 4.92. The molecule has 2 atom stereocenters. The first kappa shape index (κ1) is 19.1. The third-order valence-electron chi connectivity index (χ3n) is 6.40. The number of nitrogens with zero attached hydrogens (tertiary/aromatic N) is 5. The molecule has 4 heterocycles. The van der Waals surface area contributed by atoms with Crippen LogP contribution in [0.15, 0.2) is 24.7 Å². The molecule has 30 heavy (non-hydrogen) atoms. The zero-order chi connectivity index (χ0) is 20.7. The summed E-state index contributed by atoms with van der Waals surface area (Å²) in [6, 6.07) is 2.48. The number of carbonyl (C=O) groups excluding carboxylic acids is 1. The van der Waals surface area contributed by atoms with Crippen molar-refractivity contribution in [2.45, 2.75) is 57.6 Å². The molecule has 0 aromatic carbocycles. The molecule has 5 rings (SSSR count). The summed E-state index contributed by atoms with van der Waals surface area (Å²) in [7, 11) is 1.90. The van der Waals surface area contributed by atoms with Gasteiger partial charge in [-0.1, -0.05) is 19.3 Å². The predicted molar refractivity (Wildman–Crippen MR) is 113 cm³/mol. The van der Waals surface area contributed by atoms with Crippen LogP contribution in [0, 0.1) is 5.92 Å². The van der Waals surface area contributed by atoms with E-state index < -0.39 is 0 Å². The highest BCUT2D eigenvalue weighted by atomic mass is 16.5. The minimum Gasteiger partial charge on any atom is -0.474 e. The van der Waals surface area contributed by atoms with Gasteiger partial charge in [-0.3, -0.25) is 14.2 Å². The molecule has 1 unspecified atom stereocenters. The topological polar surface area (TPSA) is 86.9 Å². The Hall–Kier alpha value is -2.90. The molecule has 1 amide bonds. The van der Waals surface area contributed by atoms with Crippen LogP contribution in [0.25, 0.3) is 22.2 Å². The molecule has 1 aliphatic heterocycles. The predicted octanol–water partition coefficient (Wildman–Crippen LogP) is 3.24. The summed E-state index contributed by atoms with van der Waals surface area (Å²) in [5.74, 6) is 0.787. The lowest BCUT2D eigenvalue weighted by molar-refractivity contribution is -0.119. The maximum absolute atomic E-state index is 11.6. The highest BCUT2D eigenvalue weighted by Crippen LogP contribution is 2.32. The van der Waals surface area contributed by atoms with Gasteiger partial charge in [0, 0.05) is 43.9 Å². The Morgan fingerprint density at radius 2 is 2.07 bits per heavy atom. The maximum Gasteiger partial charge on any atom is 0.225 e. The molecule has 2 aliphatic rings. The molecule has 8 nitrogen and oxygen atoms in total. The van der Waals surface area contributed by atoms with Crippen molar-refractivity contribution in [3.05, 3.63) is 24.7 Å². The molecule has 1 saturated carbocycles.